The Morgan fingerprint density at radius 1 is 0.178 bits per heavy atom. The molecule has 0 aliphatic rings. The van der Waals surface area contributed by atoms with Crippen LogP contribution in [0.25, 0.3) is 66.8 Å². The smallest absolute Gasteiger partial charge is 0.0630 e. The Balaban J connectivity index is 0.000000179. The molecule has 0 bridgehead atoms. The molecule has 0 atom stereocenters. The maximum absolute atomic E-state index is 4.83. The van der Waals surface area contributed by atoms with Crippen LogP contribution in [0.4, 0.5) is 34.1 Å². The number of benzene rings is 14. The van der Waals surface area contributed by atoms with E-state index in [1.54, 1.807) is 0 Å². The molecule has 0 fully saturated rings. The van der Waals surface area contributed by atoms with Crippen molar-refractivity contribution in [3.63, 3.8) is 0 Å². The fraction of sp³-hybridized carbons (Fsp3) is 0.0426. The molecule has 0 saturated carbocycles. The van der Waals surface area contributed by atoms with Gasteiger partial charge in [-0.3, -0.25) is 30.0 Å². The third kappa shape index (κ3) is 20.6. The van der Waals surface area contributed by atoms with E-state index in [0.717, 1.165) is 147 Å². The maximum atomic E-state index is 4.83. The molecule has 0 radical (unpaired) electrons. The van der Waals surface area contributed by atoms with E-state index >= 15 is 0 Å². The lowest BCUT2D eigenvalue weighted by molar-refractivity contribution is 0.162. The predicted molar refractivity (Wildman–Crippen MR) is 430 cm³/mol. The third-order valence-electron chi connectivity index (χ3n) is 16.5. The van der Waals surface area contributed by atoms with Crippen LogP contribution in [0.3, 0.4) is 0 Å². The van der Waals surface area contributed by atoms with Gasteiger partial charge in [-0.15, -0.1) is 0 Å². The summed E-state index contributed by atoms with van der Waals surface area (Å²) in [6, 6.07) is 125. The standard InChI is InChI=1S/2C45H33N3.C4H10O/c2*1-4-10-34(11-5-1)31-46-43-22-16-37(17-23-43)40-28-41(38-18-24-44(25-19-38)47-32-35-12-6-2-7-13-35)30-42(29-40)39-20-26-45(27-21-39)48-33-36-14-8-3-9-15-36;1-3-5-4-2/h2*1-33H;3-4H2,1-2H3. The average Bonchev–Trinajstić information content (AvgIpc) is 0.806. The van der Waals surface area contributed by atoms with Crippen LogP contribution in [0.1, 0.15) is 47.2 Å². The quantitative estimate of drug-likeness (QED) is 0.0700. The van der Waals surface area contributed by atoms with E-state index < -0.39 is 0 Å². The molecule has 7 nitrogen and oxygen atoms in total. The summed E-state index contributed by atoms with van der Waals surface area (Å²) in [6.45, 7) is 5.67. The van der Waals surface area contributed by atoms with Gasteiger partial charge in [0.25, 0.3) is 0 Å². The van der Waals surface area contributed by atoms with Crippen molar-refractivity contribution >= 4 is 71.4 Å². The Kier molecular flexibility index (Phi) is 24.2. The lowest BCUT2D eigenvalue weighted by Gasteiger charge is -2.12. The first-order valence-corrected chi connectivity index (χ1v) is 34.0. The number of nitrogens with zero attached hydrogens (tertiary/aromatic N) is 6. The summed E-state index contributed by atoms with van der Waals surface area (Å²) in [5.74, 6) is 0. The predicted octanol–water partition coefficient (Wildman–Crippen LogP) is 24.9. The van der Waals surface area contributed by atoms with Crippen LogP contribution in [0.2, 0.25) is 0 Å². The van der Waals surface area contributed by atoms with E-state index in [0.29, 0.717) is 0 Å². The maximum Gasteiger partial charge on any atom is 0.0630 e. The second-order valence-corrected chi connectivity index (χ2v) is 23.7. The van der Waals surface area contributed by atoms with Gasteiger partial charge < -0.3 is 4.74 Å². The molecule has 14 aromatic carbocycles. The highest BCUT2D eigenvalue weighted by atomic mass is 16.5. The number of hydrogen-bond acceptors (Lipinski definition) is 7. The van der Waals surface area contributed by atoms with Crippen molar-refractivity contribution in [2.45, 2.75) is 13.8 Å². The highest BCUT2D eigenvalue weighted by molar-refractivity contribution is 5.89. The number of aliphatic imine (C=N–C) groups is 6. The molecule has 0 aliphatic carbocycles. The second kappa shape index (κ2) is 35.9. The van der Waals surface area contributed by atoms with E-state index in [9.17, 15) is 0 Å². The fourth-order valence-corrected chi connectivity index (χ4v) is 11.0. The van der Waals surface area contributed by atoms with Gasteiger partial charge in [0.2, 0.25) is 0 Å². The van der Waals surface area contributed by atoms with E-state index in [-0.39, 0.29) is 0 Å². The average molecular weight is 1310 g/mol. The Bertz CT molecular complexity index is 4180. The first-order valence-electron chi connectivity index (χ1n) is 34.0. The molecule has 0 heterocycles. The Morgan fingerprint density at radius 3 is 0.436 bits per heavy atom. The highest BCUT2D eigenvalue weighted by Crippen LogP contribution is 2.37. The largest absolute Gasteiger partial charge is 0.382 e. The van der Waals surface area contributed by atoms with Gasteiger partial charge >= 0.3 is 0 Å². The summed E-state index contributed by atoms with van der Waals surface area (Å²) in [6.07, 6.45) is 11.4. The minimum Gasteiger partial charge on any atom is -0.382 e. The van der Waals surface area contributed by atoms with Gasteiger partial charge in [-0.1, -0.05) is 255 Å². The van der Waals surface area contributed by atoms with Crippen LogP contribution in [0.15, 0.2) is 394 Å². The molecule has 0 aliphatic heterocycles. The van der Waals surface area contributed by atoms with Crippen molar-refractivity contribution in [1.29, 1.82) is 0 Å². The summed E-state index contributed by atoms with van der Waals surface area (Å²) < 4.78 is 4.83. The highest BCUT2D eigenvalue weighted by Gasteiger charge is 2.12. The molecule has 14 aromatic rings. The van der Waals surface area contributed by atoms with E-state index in [2.05, 4.69) is 285 Å². The summed E-state index contributed by atoms with van der Waals surface area (Å²) in [4.78, 5) is 28.1. The molecule has 0 N–H and O–H groups in total. The second-order valence-electron chi connectivity index (χ2n) is 23.7. The van der Waals surface area contributed by atoms with Crippen molar-refractivity contribution in [2.24, 2.45) is 30.0 Å². The van der Waals surface area contributed by atoms with E-state index in [1.807, 2.05) is 160 Å². The first kappa shape index (κ1) is 68.0. The zero-order valence-corrected chi connectivity index (χ0v) is 56.6. The van der Waals surface area contributed by atoms with E-state index in [4.69, 9.17) is 4.74 Å². The van der Waals surface area contributed by atoms with Gasteiger partial charge in [0.05, 0.1) is 34.1 Å². The molecule has 488 valence electrons. The van der Waals surface area contributed by atoms with E-state index in [1.165, 1.54) is 0 Å². The Labute approximate surface area is 593 Å². The van der Waals surface area contributed by atoms with Crippen LogP contribution >= 0.6 is 0 Å². The zero-order valence-electron chi connectivity index (χ0n) is 56.6. The van der Waals surface area contributed by atoms with Crippen LogP contribution in [-0.4, -0.2) is 50.5 Å². The molecule has 101 heavy (non-hydrogen) atoms. The minimum absolute atomic E-state index is 0.844. The summed E-state index contributed by atoms with van der Waals surface area (Å²) in [7, 11) is 0. The van der Waals surface area contributed by atoms with Crippen LogP contribution < -0.4 is 0 Å². The molecule has 7 heteroatoms. The van der Waals surface area contributed by atoms with Crippen molar-refractivity contribution < 1.29 is 4.74 Å². The van der Waals surface area contributed by atoms with Crippen LogP contribution in [-0.2, 0) is 4.74 Å². The zero-order chi connectivity index (χ0) is 68.9. The Morgan fingerprint density at radius 2 is 0.317 bits per heavy atom. The van der Waals surface area contributed by atoms with Crippen LogP contribution in [0, 0.1) is 0 Å². The SMILES string of the molecule is C(=Nc1ccc(-c2cc(-c3ccc(N=Cc4ccccc4)cc3)cc(-c3ccc(N=Cc4ccccc4)cc3)c2)cc1)c1ccccc1.C(=Nc1ccc(-c2cc(-c3ccc(N=Cc4ccccc4)cc3)cc(-c3ccc(N=Cc4ccccc4)cc3)c2)cc1)c1ccccc1.CCOCC. The molecular weight excluding hydrogens is 1230 g/mol. The van der Waals surface area contributed by atoms with Crippen molar-refractivity contribution in [1.82, 2.24) is 0 Å². The number of rotatable bonds is 20. The van der Waals surface area contributed by atoms with Gasteiger partial charge in [-0.05, 0) is 223 Å². The van der Waals surface area contributed by atoms with Crippen molar-refractivity contribution in [2.75, 3.05) is 13.2 Å². The molecule has 0 aromatic heterocycles. The van der Waals surface area contributed by atoms with Gasteiger partial charge in [-0.2, -0.15) is 0 Å². The number of hydrogen-bond donors (Lipinski definition) is 0. The molecule has 0 saturated heterocycles. The lowest BCUT2D eigenvalue weighted by atomic mass is 9.93. The molecule has 0 amide bonds. The molecule has 14 rings (SSSR count). The van der Waals surface area contributed by atoms with Gasteiger partial charge in [-0.25, -0.2) is 0 Å². The minimum atomic E-state index is 0.844. The van der Waals surface area contributed by atoms with Gasteiger partial charge in [0.15, 0.2) is 0 Å². The molecule has 0 unspecified atom stereocenters. The van der Waals surface area contributed by atoms with Crippen molar-refractivity contribution in [3.8, 4) is 66.8 Å². The van der Waals surface area contributed by atoms with Crippen LogP contribution in [0.5, 0.6) is 0 Å². The molecule has 0 spiro atoms. The summed E-state index contributed by atoms with van der Waals surface area (Å²) in [5.41, 5.74) is 25.5. The third-order valence-corrected chi connectivity index (χ3v) is 16.5. The topological polar surface area (TPSA) is 83.4 Å². The monoisotopic (exact) mass is 1300 g/mol. The normalized spacial score (nSPS) is 11.3. The number of ether oxygens (including phenoxy) is 1. The summed E-state index contributed by atoms with van der Waals surface area (Å²) in [5, 5.41) is 0. The lowest BCUT2D eigenvalue weighted by Crippen LogP contribution is -1.86. The Hall–Kier alpha value is -12.9. The molecular formula is C94H76N6O. The van der Waals surface area contributed by atoms with Gasteiger partial charge in [0, 0.05) is 50.5 Å². The van der Waals surface area contributed by atoms with Crippen molar-refractivity contribution in [3.05, 3.63) is 397 Å². The first-order chi connectivity index (χ1) is 49.9. The fourth-order valence-electron chi connectivity index (χ4n) is 11.0. The van der Waals surface area contributed by atoms with Gasteiger partial charge in [0.1, 0.15) is 0 Å². The summed E-state index contributed by atoms with van der Waals surface area (Å²) >= 11 is 0.